The van der Waals surface area contributed by atoms with Gasteiger partial charge in [-0.15, -0.1) is 0 Å². The Morgan fingerprint density at radius 3 is 2.80 bits per heavy atom. The Labute approximate surface area is 122 Å². The lowest BCUT2D eigenvalue weighted by molar-refractivity contribution is 0.0996. The van der Waals surface area contributed by atoms with Crippen molar-refractivity contribution in [2.75, 3.05) is 29.3 Å². The van der Waals surface area contributed by atoms with Gasteiger partial charge in [0.2, 0.25) is 5.95 Å². The number of hydrogen-bond acceptors (Lipinski definition) is 7. The molecule has 0 saturated heterocycles. The smallest absolute Gasteiger partial charge is 0.239 e. The van der Waals surface area contributed by atoms with Crippen molar-refractivity contribution in [3.8, 4) is 0 Å². The number of benzene rings is 1. The van der Waals surface area contributed by atoms with E-state index in [1.54, 1.807) is 18.7 Å². The molecule has 1 heterocycles. The minimum absolute atomic E-state index is 0.343. The molecule has 0 spiro atoms. The van der Waals surface area contributed by atoms with Crippen molar-refractivity contribution in [2.45, 2.75) is 12.5 Å². The number of para-hydroxylation sites is 1. The van der Waals surface area contributed by atoms with Crippen LogP contribution in [0.15, 0.2) is 24.3 Å². The lowest BCUT2D eigenvalue weighted by Crippen LogP contribution is -2.36. The largest absolute Gasteiger partial charge is 0.387 e. The van der Waals surface area contributed by atoms with Gasteiger partial charge in [-0.2, -0.15) is 16.7 Å². The van der Waals surface area contributed by atoms with Gasteiger partial charge in [0.1, 0.15) is 5.82 Å². The molecule has 0 fully saturated rings. The second kappa shape index (κ2) is 6.25. The van der Waals surface area contributed by atoms with Crippen LogP contribution in [0.3, 0.4) is 0 Å². The Morgan fingerprint density at radius 1 is 1.35 bits per heavy atom. The Bertz CT molecular complexity index is 590. The molecule has 108 valence electrons. The van der Waals surface area contributed by atoms with Gasteiger partial charge in [0, 0.05) is 17.7 Å². The molecule has 1 atom stereocenters. The summed E-state index contributed by atoms with van der Waals surface area (Å²) in [5.74, 6) is 7.03. The number of nitrogen functional groups attached to an aromatic ring is 1. The average Bonchev–Trinajstić information content (AvgIpc) is 2.44. The highest BCUT2D eigenvalue weighted by Gasteiger charge is 2.20. The third kappa shape index (κ3) is 3.50. The van der Waals surface area contributed by atoms with E-state index in [0.29, 0.717) is 24.1 Å². The van der Waals surface area contributed by atoms with E-state index in [1.807, 2.05) is 30.5 Å². The zero-order valence-corrected chi connectivity index (χ0v) is 12.4. The van der Waals surface area contributed by atoms with Gasteiger partial charge in [0.25, 0.3) is 0 Å². The number of anilines is 2. The van der Waals surface area contributed by atoms with Crippen molar-refractivity contribution in [3.63, 3.8) is 0 Å². The number of rotatable bonds is 6. The first kappa shape index (κ1) is 14.8. The van der Waals surface area contributed by atoms with E-state index in [4.69, 9.17) is 5.84 Å². The number of nitrogens with one attached hydrogen (secondary N) is 2. The molecule has 20 heavy (non-hydrogen) atoms. The van der Waals surface area contributed by atoms with Crippen LogP contribution in [0.4, 0.5) is 11.8 Å². The predicted octanol–water partition coefficient (Wildman–Crippen LogP) is 1.44. The van der Waals surface area contributed by atoms with Crippen LogP contribution in [0.2, 0.25) is 0 Å². The van der Waals surface area contributed by atoms with Gasteiger partial charge in [-0.3, -0.25) is 5.43 Å². The molecular formula is C13H19N5OS. The monoisotopic (exact) mass is 293 g/mol. The van der Waals surface area contributed by atoms with Gasteiger partial charge >= 0.3 is 0 Å². The highest BCUT2D eigenvalue weighted by atomic mass is 32.2. The number of aliphatic hydroxyl groups is 1. The molecule has 1 aromatic carbocycles. The van der Waals surface area contributed by atoms with Gasteiger partial charge in [-0.05, 0) is 25.3 Å². The van der Waals surface area contributed by atoms with Crippen molar-refractivity contribution < 1.29 is 5.11 Å². The molecule has 0 amide bonds. The maximum atomic E-state index is 10.2. The number of nitrogens with zero attached hydrogens (tertiary/aromatic N) is 2. The Morgan fingerprint density at radius 2 is 2.10 bits per heavy atom. The summed E-state index contributed by atoms with van der Waals surface area (Å²) in [7, 11) is 0. The first-order valence-electron chi connectivity index (χ1n) is 6.24. The highest BCUT2D eigenvalue weighted by molar-refractivity contribution is 7.98. The Hall–Kier alpha value is -1.57. The topological polar surface area (TPSA) is 96.1 Å². The van der Waals surface area contributed by atoms with Crippen LogP contribution in [0.5, 0.6) is 0 Å². The molecule has 1 unspecified atom stereocenters. The molecule has 2 rings (SSSR count). The summed E-state index contributed by atoms with van der Waals surface area (Å²) in [6.45, 7) is 2.20. The minimum Gasteiger partial charge on any atom is -0.387 e. The zero-order valence-electron chi connectivity index (χ0n) is 11.6. The van der Waals surface area contributed by atoms with Crippen molar-refractivity contribution >= 4 is 34.4 Å². The zero-order chi connectivity index (χ0) is 14.6. The maximum Gasteiger partial charge on any atom is 0.239 e. The predicted molar refractivity (Wildman–Crippen MR) is 84.8 cm³/mol. The van der Waals surface area contributed by atoms with Gasteiger partial charge in [0.15, 0.2) is 0 Å². The Balaban J connectivity index is 2.28. The van der Waals surface area contributed by atoms with Gasteiger partial charge in [-0.25, -0.2) is 10.8 Å². The molecule has 6 nitrogen and oxygen atoms in total. The van der Waals surface area contributed by atoms with Gasteiger partial charge in [-0.1, -0.05) is 12.1 Å². The second-order valence-corrected chi connectivity index (χ2v) is 5.71. The number of fused-ring (bicyclic) bond motifs is 1. The summed E-state index contributed by atoms with van der Waals surface area (Å²) in [5.41, 5.74) is 2.44. The van der Waals surface area contributed by atoms with Crippen LogP contribution in [-0.4, -0.2) is 39.2 Å². The standard InChI is InChI=1S/C13H19N5OS/c1-13(19,8-20-2)7-15-11-9-5-3-4-6-10(9)16-12(17-11)18-14/h3-6,19H,7-8,14H2,1-2H3,(H2,15,16,17,18). The first-order valence-corrected chi connectivity index (χ1v) is 7.64. The molecule has 5 N–H and O–H groups in total. The summed E-state index contributed by atoms with van der Waals surface area (Å²) < 4.78 is 0. The van der Waals surface area contributed by atoms with Crippen LogP contribution >= 0.6 is 11.8 Å². The second-order valence-electron chi connectivity index (χ2n) is 4.84. The lowest BCUT2D eigenvalue weighted by Gasteiger charge is -2.23. The van der Waals surface area contributed by atoms with E-state index in [-0.39, 0.29) is 0 Å². The summed E-state index contributed by atoms with van der Waals surface area (Å²) in [5, 5.41) is 14.3. The fourth-order valence-corrected chi connectivity index (χ4v) is 2.64. The van der Waals surface area contributed by atoms with E-state index in [0.717, 1.165) is 10.9 Å². The highest BCUT2D eigenvalue weighted by Crippen LogP contribution is 2.22. The molecule has 1 aromatic heterocycles. The first-order chi connectivity index (χ1) is 9.55. The minimum atomic E-state index is -0.804. The van der Waals surface area contributed by atoms with Crippen LogP contribution in [-0.2, 0) is 0 Å². The van der Waals surface area contributed by atoms with E-state index >= 15 is 0 Å². The van der Waals surface area contributed by atoms with Crippen molar-refractivity contribution in [3.05, 3.63) is 24.3 Å². The van der Waals surface area contributed by atoms with Crippen LogP contribution in [0, 0.1) is 0 Å². The maximum absolute atomic E-state index is 10.2. The molecule has 0 radical (unpaired) electrons. The number of hydrogen-bond donors (Lipinski definition) is 4. The number of hydrazine groups is 1. The summed E-state index contributed by atoms with van der Waals surface area (Å²) in [6, 6.07) is 7.65. The molecule has 0 aliphatic rings. The number of nitrogens with two attached hydrogens (primary N) is 1. The molecule has 0 bridgehead atoms. The van der Waals surface area contributed by atoms with E-state index in [2.05, 4.69) is 20.7 Å². The third-order valence-electron chi connectivity index (χ3n) is 2.82. The molecule has 7 heteroatoms. The average molecular weight is 293 g/mol. The van der Waals surface area contributed by atoms with Gasteiger partial charge < -0.3 is 10.4 Å². The van der Waals surface area contributed by atoms with Gasteiger partial charge in [0.05, 0.1) is 11.1 Å². The fourth-order valence-electron chi connectivity index (χ4n) is 1.91. The normalized spacial score (nSPS) is 14.0. The van der Waals surface area contributed by atoms with Crippen LogP contribution in [0.1, 0.15) is 6.92 Å². The van der Waals surface area contributed by atoms with Crippen LogP contribution in [0.25, 0.3) is 10.9 Å². The molecule has 0 saturated carbocycles. The number of aromatic nitrogens is 2. The van der Waals surface area contributed by atoms with E-state index in [9.17, 15) is 5.11 Å². The van der Waals surface area contributed by atoms with Crippen LogP contribution < -0.4 is 16.6 Å². The SMILES string of the molecule is CSCC(C)(O)CNc1nc(NN)nc2ccccc12. The van der Waals surface area contributed by atoms with Crippen molar-refractivity contribution in [2.24, 2.45) is 5.84 Å². The number of thioether (sulfide) groups is 1. The molecular weight excluding hydrogens is 274 g/mol. The van der Waals surface area contributed by atoms with E-state index in [1.165, 1.54) is 0 Å². The molecule has 2 aromatic rings. The lowest BCUT2D eigenvalue weighted by atomic mass is 10.1. The quantitative estimate of drug-likeness (QED) is 0.473. The summed E-state index contributed by atoms with van der Waals surface area (Å²) in [6.07, 6.45) is 1.96. The summed E-state index contributed by atoms with van der Waals surface area (Å²) in [4.78, 5) is 8.59. The van der Waals surface area contributed by atoms with Crippen molar-refractivity contribution in [1.29, 1.82) is 0 Å². The summed E-state index contributed by atoms with van der Waals surface area (Å²) >= 11 is 1.60. The Kier molecular flexibility index (Phi) is 4.64. The van der Waals surface area contributed by atoms with E-state index < -0.39 is 5.60 Å². The van der Waals surface area contributed by atoms with Crippen molar-refractivity contribution in [1.82, 2.24) is 9.97 Å². The third-order valence-corrected chi connectivity index (χ3v) is 3.73. The molecule has 0 aliphatic carbocycles. The molecule has 0 aliphatic heterocycles. The fraction of sp³-hybridized carbons (Fsp3) is 0.385.